The number of pyridine rings is 1. The van der Waals surface area contributed by atoms with Gasteiger partial charge in [-0.25, -0.2) is 5.43 Å². The monoisotopic (exact) mass is 361 g/mol. The Hall–Kier alpha value is -3.74. The van der Waals surface area contributed by atoms with Gasteiger partial charge in [-0.15, -0.1) is 0 Å². The Morgan fingerprint density at radius 2 is 1.78 bits per heavy atom. The Labute approximate surface area is 156 Å². The molecule has 2 aromatic heterocycles. The van der Waals surface area contributed by atoms with Gasteiger partial charge < -0.3 is 0 Å². The van der Waals surface area contributed by atoms with Crippen molar-refractivity contribution in [1.82, 2.24) is 15.1 Å². The van der Waals surface area contributed by atoms with E-state index >= 15 is 0 Å². The Kier molecular flexibility index (Phi) is 5.41. The predicted octanol–water partition coefficient (Wildman–Crippen LogP) is 2.65. The van der Waals surface area contributed by atoms with E-state index in [-0.39, 0.29) is 11.8 Å². The molecule has 0 saturated heterocycles. The van der Waals surface area contributed by atoms with Crippen molar-refractivity contribution in [3.8, 4) is 0 Å². The van der Waals surface area contributed by atoms with Crippen molar-refractivity contribution in [3.63, 3.8) is 0 Å². The largest absolute Gasteiger partial charge is 0.272 e. The maximum Gasteiger partial charge on any atom is 0.272 e. The number of rotatable bonds is 5. The van der Waals surface area contributed by atoms with Gasteiger partial charge in [0.2, 0.25) is 0 Å². The highest BCUT2D eigenvalue weighted by atomic mass is 16.2. The number of aryl methyl sites for hydroxylation is 1. The van der Waals surface area contributed by atoms with Gasteiger partial charge in [0.25, 0.3) is 11.8 Å². The molecule has 3 aromatic rings. The van der Waals surface area contributed by atoms with Crippen molar-refractivity contribution >= 4 is 18.0 Å². The van der Waals surface area contributed by atoms with Crippen molar-refractivity contribution in [2.45, 2.75) is 13.8 Å². The summed E-state index contributed by atoms with van der Waals surface area (Å²) in [7, 11) is 0. The molecule has 2 amide bonds. The van der Waals surface area contributed by atoms with E-state index < -0.39 is 0 Å². The Morgan fingerprint density at radius 1 is 1.04 bits per heavy atom. The van der Waals surface area contributed by atoms with Crippen LogP contribution in [0.2, 0.25) is 0 Å². The highest BCUT2D eigenvalue weighted by Crippen LogP contribution is 2.12. The molecule has 2 heterocycles. The molecule has 136 valence electrons. The molecule has 0 fully saturated rings. The molecule has 0 aliphatic heterocycles. The number of aromatic nitrogens is 2. The number of hydrazone groups is 1. The summed E-state index contributed by atoms with van der Waals surface area (Å²) in [6.45, 7) is 3.74. The maximum absolute atomic E-state index is 12.4. The number of benzene rings is 1. The first kappa shape index (κ1) is 18.1. The van der Waals surface area contributed by atoms with Crippen LogP contribution in [0.3, 0.4) is 0 Å². The molecule has 0 saturated carbocycles. The van der Waals surface area contributed by atoms with E-state index in [1.807, 2.05) is 38.1 Å². The number of hydrogen-bond donors (Lipinski definition) is 2. The zero-order valence-electron chi connectivity index (χ0n) is 15.0. The number of nitrogens with one attached hydrogen (secondary N) is 2. The third-order valence-corrected chi connectivity index (χ3v) is 4.01. The summed E-state index contributed by atoms with van der Waals surface area (Å²) in [6, 6.07) is 14.2. The smallest absolute Gasteiger partial charge is 0.267 e. The van der Waals surface area contributed by atoms with E-state index in [0.29, 0.717) is 11.1 Å². The summed E-state index contributed by atoms with van der Waals surface area (Å²) in [5.41, 5.74) is 8.75. The second-order valence-electron chi connectivity index (χ2n) is 5.91. The molecule has 0 spiro atoms. The normalized spacial score (nSPS) is 10.7. The van der Waals surface area contributed by atoms with E-state index in [1.54, 1.807) is 41.4 Å². The van der Waals surface area contributed by atoms with E-state index in [4.69, 9.17) is 0 Å². The molecule has 0 radical (unpaired) electrons. The lowest BCUT2D eigenvalue weighted by atomic mass is 10.2. The first-order valence-electron chi connectivity index (χ1n) is 8.35. The molecular weight excluding hydrogens is 342 g/mol. The number of carbonyl (C=O) groups is 2. The standard InChI is InChI=1S/C20H19N5O2/c1-14-11-18(13-22-23-19(26)17-9-6-10-21-12-17)15(2)25(14)24-20(27)16-7-4-3-5-8-16/h3-13H,1-2H3,(H,23,26)(H,24,27)/b22-13-. The van der Waals surface area contributed by atoms with Crippen LogP contribution in [-0.4, -0.2) is 27.7 Å². The van der Waals surface area contributed by atoms with E-state index in [0.717, 1.165) is 17.0 Å². The Balaban J connectivity index is 1.70. The molecule has 2 N–H and O–H groups in total. The number of hydrogen-bond acceptors (Lipinski definition) is 4. The summed E-state index contributed by atoms with van der Waals surface area (Å²) in [4.78, 5) is 28.2. The van der Waals surface area contributed by atoms with Crippen LogP contribution in [0.15, 0.2) is 66.0 Å². The molecule has 7 heteroatoms. The van der Waals surface area contributed by atoms with Crippen LogP contribution in [0.4, 0.5) is 0 Å². The number of nitrogens with zero attached hydrogens (tertiary/aromatic N) is 3. The summed E-state index contributed by atoms with van der Waals surface area (Å²) in [6.07, 6.45) is 4.61. The molecule has 1 aromatic carbocycles. The van der Waals surface area contributed by atoms with Crippen LogP contribution < -0.4 is 10.9 Å². The Morgan fingerprint density at radius 3 is 2.48 bits per heavy atom. The van der Waals surface area contributed by atoms with Gasteiger partial charge in [0.05, 0.1) is 11.8 Å². The molecule has 0 atom stereocenters. The van der Waals surface area contributed by atoms with Gasteiger partial charge in [-0.05, 0) is 44.2 Å². The lowest BCUT2D eigenvalue weighted by molar-refractivity contribution is 0.0953. The lowest BCUT2D eigenvalue weighted by Crippen LogP contribution is -2.24. The minimum absolute atomic E-state index is 0.203. The third-order valence-electron chi connectivity index (χ3n) is 4.01. The zero-order valence-corrected chi connectivity index (χ0v) is 15.0. The minimum atomic E-state index is -0.342. The fraction of sp³-hybridized carbons (Fsp3) is 0.100. The van der Waals surface area contributed by atoms with Crippen molar-refractivity contribution in [1.29, 1.82) is 0 Å². The molecule has 7 nitrogen and oxygen atoms in total. The summed E-state index contributed by atoms with van der Waals surface area (Å²) >= 11 is 0. The van der Waals surface area contributed by atoms with Crippen molar-refractivity contribution in [2.24, 2.45) is 5.10 Å². The first-order valence-corrected chi connectivity index (χ1v) is 8.35. The van der Waals surface area contributed by atoms with Gasteiger partial charge in [0.1, 0.15) is 0 Å². The maximum atomic E-state index is 12.4. The van der Waals surface area contributed by atoms with Crippen LogP contribution in [0, 0.1) is 13.8 Å². The molecule has 0 aliphatic carbocycles. The molecular formula is C20H19N5O2. The van der Waals surface area contributed by atoms with Gasteiger partial charge in [0.15, 0.2) is 0 Å². The molecule has 0 unspecified atom stereocenters. The Bertz CT molecular complexity index is 978. The van der Waals surface area contributed by atoms with E-state index in [2.05, 4.69) is 20.9 Å². The summed E-state index contributed by atoms with van der Waals surface area (Å²) in [5, 5.41) is 3.99. The third kappa shape index (κ3) is 4.27. The minimum Gasteiger partial charge on any atom is -0.267 e. The zero-order chi connectivity index (χ0) is 19.2. The fourth-order valence-corrected chi connectivity index (χ4v) is 2.57. The van der Waals surface area contributed by atoms with Gasteiger partial charge in [-0.2, -0.15) is 5.10 Å². The van der Waals surface area contributed by atoms with Crippen molar-refractivity contribution < 1.29 is 9.59 Å². The molecule has 0 bridgehead atoms. The molecule has 3 rings (SSSR count). The van der Waals surface area contributed by atoms with Gasteiger partial charge in [-0.1, -0.05) is 18.2 Å². The second kappa shape index (κ2) is 8.09. The number of carbonyl (C=O) groups excluding carboxylic acids is 2. The highest BCUT2D eigenvalue weighted by molar-refractivity contribution is 6.00. The first-order chi connectivity index (χ1) is 13.1. The highest BCUT2D eigenvalue weighted by Gasteiger charge is 2.12. The topological polar surface area (TPSA) is 88.4 Å². The van der Waals surface area contributed by atoms with Crippen molar-refractivity contribution in [2.75, 3.05) is 5.43 Å². The number of amides is 2. The van der Waals surface area contributed by atoms with Crippen LogP contribution in [0.1, 0.15) is 37.7 Å². The summed E-state index contributed by atoms with van der Waals surface area (Å²) in [5.74, 6) is -0.545. The van der Waals surface area contributed by atoms with Gasteiger partial charge in [-0.3, -0.25) is 24.7 Å². The summed E-state index contributed by atoms with van der Waals surface area (Å²) < 4.78 is 1.69. The average molecular weight is 361 g/mol. The average Bonchev–Trinajstić information content (AvgIpc) is 2.96. The lowest BCUT2D eigenvalue weighted by Gasteiger charge is -2.11. The van der Waals surface area contributed by atoms with Crippen LogP contribution in [-0.2, 0) is 0 Å². The molecule has 27 heavy (non-hydrogen) atoms. The van der Waals surface area contributed by atoms with E-state index in [9.17, 15) is 9.59 Å². The second-order valence-corrected chi connectivity index (χ2v) is 5.91. The van der Waals surface area contributed by atoms with Crippen LogP contribution in [0.5, 0.6) is 0 Å². The van der Waals surface area contributed by atoms with Gasteiger partial charge >= 0.3 is 0 Å². The van der Waals surface area contributed by atoms with Crippen LogP contribution >= 0.6 is 0 Å². The predicted molar refractivity (Wildman–Crippen MR) is 103 cm³/mol. The van der Waals surface area contributed by atoms with E-state index in [1.165, 1.54) is 6.20 Å². The fourth-order valence-electron chi connectivity index (χ4n) is 2.57. The molecule has 0 aliphatic rings. The van der Waals surface area contributed by atoms with Crippen molar-refractivity contribution in [3.05, 3.63) is 89.0 Å². The quantitative estimate of drug-likeness (QED) is 0.541. The van der Waals surface area contributed by atoms with Crippen LogP contribution in [0.25, 0.3) is 0 Å². The van der Waals surface area contributed by atoms with Gasteiger partial charge in [0, 0.05) is 34.9 Å². The SMILES string of the molecule is Cc1cc(/C=N\NC(=O)c2cccnc2)c(C)n1NC(=O)c1ccccc1.